The van der Waals surface area contributed by atoms with E-state index in [0.29, 0.717) is 18.8 Å². The Morgan fingerprint density at radius 3 is 2.68 bits per heavy atom. The Morgan fingerprint density at radius 2 is 2.00 bits per heavy atom. The molecular formula is C18H22ClN3O3. The third-order valence-electron chi connectivity index (χ3n) is 4.07. The zero-order chi connectivity index (χ0) is 18.2. The molecule has 25 heavy (non-hydrogen) atoms. The van der Waals surface area contributed by atoms with Crippen molar-refractivity contribution in [2.75, 3.05) is 18.2 Å². The lowest BCUT2D eigenvalue weighted by Crippen LogP contribution is -2.37. The van der Waals surface area contributed by atoms with Crippen LogP contribution in [-0.4, -0.2) is 23.1 Å². The highest BCUT2D eigenvalue weighted by molar-refractivity contribution is 6.33. The first-order chi connectivity index (χ1) is 11.8. The van der Waals surface area contributed by atoms with Crippen LogP contribution in [0.1, 0.15) is 33.3 Å². The molecule has 0 saturated heterocycles. The van der Waals surface area contributed by atoms with Crippen LogP contribution in [0.15, 0.2) is 29.2 Å². The fourth-order valence-electron chi connectivity index (χ4n) is 2.75. The van der Waals surface area contributed by atoms with Crippen LogP contribution in [0.5, 0.6) is 11.5 Å². The van der Waals surface area contributed by atoms with E-state index in [2.05, 4.69) is 5.10 Å². The molecule has 1 aliphatic heterocycles. The van der Waals surface area contributed by atoms with Gasteiger partial charge >= 0.3 is 0 Å². The van der Waals surface area contributed by atoms with Crippen molar-refractivity contribution >= 4 is 17.3 Å². The molecule has 0 amide bonds. The topological polar surface area (TPSA) is 56.6 Å². The van der Waals surface area contributed by atoms with E-state index in [1.54, 1.807) is 6.20 Å². The van der Waals surface area contributed by atoms with Gasteiger partial charge in [0.1, 0.15) is 5.02 Å². The number of aromatic nitrogens is 2. The molecule has 2 heterocycles. The largest absolute Gasteiger partial charge is 0.454 e. The minimum absolute atomic E-state index is 0.188. The van der Waals surface area contributed by atoms with Crippen LogP contribution in [0, 0.1) is 0 Å². The molecule has 0 radical (unpaired) electrons. The fourth-order valence-corrected chi connectivity index (χ4v) is 3.00. The van der Waals surface area contributed by atoms with Crippen LogP contribution < -0.4 is 19.9 Å². The van der Waals surface area contributed by atoms with Crippen LogP contribution in [0.4, 0.5) is 5.69 Å². The van der Waals surface area contributed by atoms with Crippen molar-refractivity contribution in [3.63, 3.8) is 0 Å². The number of hydrogen-bond donors (Lipinski definition) is 0. The Hall–Kier alpha value is -2.21. The van der Waals surface area contributed by atoms with Crippen molar-refractivity contribution in [2.45, 2.75) is 39.8 Å². The molecule has 0 atom stereocenters. The van der Waals surface area contributed by atoms with E-state index in [1.807, 2.05) is 50.8 Å². The second kappa shape index (κ2) is 6.59. The van der Waals surface area contributed by atoms with Crippen LogP contribution in [0.25, 0.3) is 0 Å². The van der Waals surface area contributed by atoms with Gasteiger partial charge in [-0.05, 0) is 45.4 Å². The average molecular weight is 364 g/mol. The van der Waals surface area contributed by atoms with Crippen molar-refractivity contribution in [3.8, 4) is 11.5 Å². The maximum absolute atomic E-state index is 12.6. The van der Waals surface area contributed by atoms with E-state index in [1.165, 1.54) is 4.68 Å². The summed E-state index contributed by atoms with van der Waals surface area (Å²) in [4.78, 5) is 14.6. The summed E-state index contributed by atoms with van der Waals surface area (Å²) in [6.07, 6.45) is 1.66. The number of hydrogen-bond acceptors (Lipinski definition) is 5. The smallest absolute Gasteiger partial charge is 0.288 e. The van der Waals surface area contributed by atoms with Gasteiger partial charge in [0.15, 0.2) is 11.5 Å². The number of ether oxygens (including phenoxy) is 2. The van der Waals surface area contributed by atoms with Gasteiger partial charge in [-0.1, -0.05) is 17.7 Å². The van der Waals surface area contributed by atoms with E-state index in [0.717, 1.165) is 17.1 Å². The molecule has 0 bridgehead atoms. The first kappa shape index (κ1) is 17.6. The molecule has 6 nitrogen and oxygen atoms in total. The van der Waals surface area contributed by atoms with Crippen LogP contribution in [0.2, 0.25) is 5.02 Å². The Labute approximate surface area is 151 Å². The summed E-state index contributed by atoms with van der Waals surface area (Å²) in [6, 6.07) is 5.82. The standard InChI is InChI=1S/C18H22ClN3O3/c1-5-21(10-12-6-7-14-15(8-12)25-11-24-14)13-9-20-22(18(2,3)4)17(23)16(13)19/h6-9H,5,10-11H2,1-4H3. The monoisotopic (exact) mass is 363 g/mol. The number of benzene rings is 1. The van der Waals surface area contributed by atoms with Crippen LogP contribution in [-0.2, 0) is 12.1 Å². The molecule has 1 aromatic carbocycles. The molecule has 1 aromatic heterocycles. The van der Waals surface area contributed by atoms with Crippen LogP contribution >= 0.6 is 11.6 Å². The number of nitrogens with zero attached hydrogens (tertiary/aromatic N) is 3. The van der Waals surface area contributed by atoms with E-state index in [-0.39, 0.29) is 17.4 Å². The Balaban J connectivity index is 1.91. The molecule has 0 unspecified atom stereocenters. The third kappa shape index (κ3) is 3.44. The number of rotatable bonds is 4. The number of halogens is 1. The molecular weight excluding hydrogens is 342 g/mol. The van der Waals surface area contributed by atoms with Gasteiger partial charge in [0.25, 0.3) is 5.56 Å². The van der Waals surface area contributed by atoms with Gasteiger partial charge in [0, 0.05) is 13.1 Å². The van der Waals surface area contributed by atoms with Gasteiger partial charge in [0.2, 0.25) is 6.79 Å². The predicted octanol–water partition coefficient (Wildman–Crippen LogP) is 3.41. The summed E-state index contributed by atoms with van der Waals surface area (Å²) in [5.41, 5.74) is 0.971. The highest BCUT2D eigenvalue weighted by Gasteiger charge is 2.22. The molecule has 0 aliphatic carbocycles. The molecule has 0 N–H and O–H groups in total. The maximum Gasteiger partial charge on any atom is 0.288 e. The van der Waals surface area contributed by atoms with Crippen molar-refractivity contribution < 1.29 is 9.47 Å². The number of anilines is 1. The van der Waals surface area contributed by atoms with E-state index in [4.69, 9.17) is 21.1 Å². The zero-order valence-electron chi connectivity index (χ0n) is 14.9. The summed E-state index contributed by atoms with van der Waals surface area (Å²) >= 11 is 6.38. The first-order valence-electron chi connectivity index (χ1n) is 8.23. The van der Waals surface area contributed by atoms with E-state index < -0.39 is 5.54 Å². The van der Waals surface area contributed by atoms with E-state index >= 15 is 0 Å². The third-order valence-corrected chi connectivity index (χ3v) is 4.42. The lowest BCUT2D eigenvalue weighted by molar-refractivity contribution is 0.174. The highest BCUT2D eigenvalue weighted by atomic mass is 35.5. The van der Waals surface area contributed by atoms with Gasteiger partial charge < -0.3 is 14.4 Å². The van der Waals surface area contributed by atoms with E-state index in [9.17, 15) is 4.79 Å². The Bertz CT molecular complexity index is 842. The molecule has 1 aliphatic rings. The lowest BCUT2D eigenvalue weighted by Gasteiger charge is -2.26. The summed E-state index contributed by atoms with van der Waals surface area (Å²) in [7, 11) is 0. The van der Waals surface area contributed by atoms with Crippen molar-refractivity contribution in [1.29, 1.82) is 0 Å². The summed E-state index contributed by atoms with van der Waals surface area (Å²) in [5, 5.41) is 4.50. The van der Waals surface area contributed by atoms with Crippen molar-refractivity contribution in [2.24, 2.45) is 0 Å². The predicted molar refractivity (Wildman–Crippen MR) is 97.8 cm³/mol. The maximum atomic E-state index is 12.6. The molecule has 2 aromatic rings. The normalized spacial score (nSPS) is 13.2. The second-order valence-corrected chi connectivity index (χ2v) is 7.31. The molecule has 134 valence electrons. The summed E-state index contributed by atoms with van der Waals surface area (Å²) in [5.74, 6) is 1.49. The van der Waals surface area contributed by atoms with Crippen LogP contribution in [0.3, 0.4) is 0 Å². The Morgan fingerprint density at radius 1 is 1.28 bits per heavy atom. The second-order valence-electron chi connectivity index (χ2n) is 6.93. The molecule has 3 rings (SSSR count). The SMILES string of the molecule is CCN(Cc1ccc2c(c1)OCO2)c1cnn(C(C)(C)C)c(=O)c1Cl. The average Bonchev–Trinajstić information content (AvgIpc) is 3.02. The summed E-state index contributed by atoms with van der Waals surface area (Å²) in [6.45, 7) is 9.29. The molecule has 0 spiro atoms. The van der Waals surface area contributed by atoms with Gasteiger partial charge in [0.05, 0.1) is 17.4 Å². The molecule has 0 fully saturated rings. The summed E-state index contributed by atoms with van der Waals surface area (Å²) < 4.78 is 12.2. The van der Waals surface area contributed by atoms with Gasteiger partial charge in [-0.25, -0.2) is 4.68 Å². The van der Waals surface area contributed by atoms with Gasteiger partial charge in [-0.2, -0.15) is 5.10 Å². The van der Waals surface area contributed by atoms with Crippen molar-refractivity contribution in [1.82, 2.24) is 9.78 Å². The molecule has 0 saturated carbocycles. The highest BCUT2D eigenvalue weighted by Crippen LogP contribution is 2.33. The quantitative estimate of drug-likeness (QED) is 0.833. The van der Waals surface area contributed by atoms with Crippen molar-refractivity contribution in [3.05, 3.63) is 45.3 Å². The van der Waals surface area contributed by atoms with Gasteiger partial charge in [-0.3, -0.25) is 4.79 Å². The minimum atomic E-state index is -0.423. The Kier molecular flexibility index (Phi) is 4.64. The fraction of sp³-hybridized carbons (Fsp3) is 0.444. The molecule has 7 heteroatoms. The van der Waals surface area contributed by atoms with Gasteiger partial charge in [-0.15, -0.1) is 0 Å². The minimum Gasteiger partial charge on any atom is -0.454 e. The lowest BCUT2D eigenvalue weighted by atomic mass is 10.1. The number of fused-ring (bicyclic) bond motifs is 1. The first-order valence-corrected chi connectivity index (χ1v) is 8.61. The zero-order valence-corrected chi connectivity index (χ0v) is 15.6.